The number of hydrogen-bond acceptors (Lipinski definition) is 6. The minimum Gasteiger partial charge on any atom is -0.497 e. The van der Waals surface area contributed by atoms with Crippen LogP contribution in [0.4, 0.5) is 0 Å². The van der Waals surface area contributed by atoms with Gasteiger partial charge in [-0.25, -0.2) is 0 Å². The molecule has 4 aromatic rings. The molecular formula is C40H48O6. The van der Waals surface area contributed by atoms with E-state index in [9.17, 15) is 19.5 Å². The third-order valence-electron chi connectivity index (χ3n) is 7.36. The number of rotatable bonds is 8. The van der Waals surface area contributed by atoms with Gasteiger partial charge in [0.05, 0.1) is 20.3 Å². The minimum atomic E-state index is -0.810. The highest BCUT2D eigenvalue weighted by molar-refractivity contribution is 5.96. The number of benzene rings is 4. The topological polar surface area (TPSA) is 89.9 Å². The second-order valence-electron chi connectivity index (χ2n) is 13.0. The Morgan fingerprint density at radius 2 is 1.04 bits per heavy atom. The molecule has 4 aromatic carbocycles. The van der Waals surface area contributed by atoms with E-state index in [1.165, 1.54) is 11.1 Å². The molecule has 0 aliphatic rings. The summed E-state index contributed by atoms with van der Waals surface area (Å²) in [7, 11) is 3.19. The van der Waals surface area contributed by atoms with Crippen molar-refractivity contribution in [1.82, 2.24) is 0 Å². The van der Waals surface area contributed by atoms with E-state index in [1.54, 1.807) is 69.7 Å². The molecule has 0 saturated heterocycles. The average Bonchev–Trinajstić information content (AvgIpc) is 3.04. The monoisotopic (exact) mass is 624 g/mol. The summed E-state index contributed by atoms with van der Waals surface area (Å²) in [6.07, 6.45) is 0.0661. The largest absolute Gasteiger partial charge is 0.497 e. The third-order valence-corrected chi connectivity index (χ3v) is 7.36. The molecule has 6 nitrogen and oxygen atoms in total. The fourth-order valence-corrected chi connectivity index (χ4v) is 4.28. The summed E-state index contributed by atoms with van der Waals surface area (Å²) in [5, 5.41) is 10.2. The lowest BCUT2D eigenvalue weighted by Crippen LogP contribution is -2.12. The highest BCUT2D eigenvalue weighted by atomic mass is 16.5. The smallest absolute Gasteiger partial charge is 0.165 e. The summed E-state index contributed by atoms with van der Waals surface area (Å²) in [5.41, 5.74) is 5.46. The summed E-state index contributed by atoms with van der Waals surface area (Å²) in [6.45, 7) is 14.5. The Morgan fingerprint density at radius 1 is 0.652 bits per heavy atom. The van der Waals surface area contributed by atoms with Gasteiger partial charge in [-0.3, -0.25) is 14.4 Å². The van der Waals surface area contributed by atoms with Gasteiger partial charge in [-0.05, 0) is 70.8 Å². The predicted octanol–water partition coefficient (Wildman–Crippen LogP) is 8.99. The highest BCUT2D eigenvalue weighted by Crippen LogP contribution is 2.25. The summed E-state index contributed by atoms with van der Waals surface area (Å²) >= 11 is 0. The van der Waals surface area contributed by atoms with Crippen molar-refractivity contribution in [2.75, 3.05) is 14.2 Å². The summed E-state index contributed by atoms with van der Waals surface area (Å²) in [4.78, 5) is 33.5. The quantitative estimate of drug-likeness (QED) is 0.155. The number of carbonyl (C=O) groups is 3. The molecule has 0 heterocycles. The Balaban J connectivity index is 0.000000269. The molecule has 1 N–H and O–H groups in total. The first-order chi connectivity index (χ1) is 21.6. The van der Waals surface area contributed by atoms with Gasteiger partial charge < -0.3 is 14.6 Å². The molecule has 6 heteroatoms. The number of aliphatic hydroxyl groups is 1. The predicted molar refractivity (Wildman–Crippen MR) is 186 cm³/mol. The first kappa shape index (κ1) is 37.6. The molecule has 46 heavy (non-hydrogen) atoms. The zero-order valence-corrected chi connectivity index (χ0v) is 28.6. The van der Waals surface area contributed by atoms with Gasteiger partial charge in [0.15, 0.2) is 11.6 Å². The fraction of sp³-hybridized carbons (Fsp3) is 0.325. The van der Waals surface area contributed by atoms with Crippen LogP contribution in [0.5, 0.6) is 11.5 Å². The van der Waals surface area contributed by atoms with Gasteiger partial charge in [0.2, 0.25) is 0 Å². The zero-order chi connectivity index (χ0) is 34.5. The molecule has 4 rings (SSSR count). The van der Waals surface area contributed by atoms with E-state index in [2.05, 4.69) is 41.5 Å². The van der Waals surface area contributed by atoms with Crippen molar-refractivity contribution in [2.45, 2.75) is 71.8 Å². The van der Waals surface area contributed by atoms with Gasteiger partial charge in [-0.2, -0.15) is 0 Å². The third kappa shape index (κ3) is 12.1. The van der Waals surface area contributed by atoms with Gasteiger partial charge in [-0.1, -0.05) is 102 Å². The number of aliphatic hydroxyl groups excluding tert-OH is 1. The second kappa shape index (κ2) is 17.2. The second-order valence-corrected chi connectivity index (χ2v) is 13.0. The van der Waals surface area contributed by atoms with Crippen molar-refractivity contribution in [3.63, 3.8) is 0 Å². The van der Waals surface area contributed by atoms with Crippen LogP contribution in [0.15, 0.2) is 97.1 Å². The molecule has 0 aliphatic carbocycles. The van der Waals surface area contributed by atoms with E-state index in [0.29, 0.717) is 16.7 Å². The molecule has 0 aromatic heterocycles. The summed E-state index contributed by atoms with van der Waals surface area (Å²) in [5.74, 6) is 1.56. The standard InChI is InChI=1S/C20H24O3.C12H16O.C8H8O2/c1-20(2,3)16-9-5-14(6-10-16)18(21)13-19(22)15-7-11-17(23-4)12-8-15;1-9(13)10-5-7-11(8-6-10)12(2,3)4;1-10-8-4-2-7(6-9)3-5-8/h5-12,19,22H,13H2,1-4H3;5-8H,1-4H3;2-6H,1H3. The maximum atomic E-state index is 12.3. The summed E-state index contributed by atoms with van der Waals surface area (Å²) in [6, 6.07) is 29.5. The van der Waals surface area contributed by atoms with E-state index in [0.717, 1.165) is 23.3 Å². The number of aldehydes is 1. The van der Waals surface area contributed by atoms with Crippen LogP contribution in [0, 0.1) is 0 Å². The van der Waals surface area contributed by atoms with Gasteiger partial charge in [0, 0.05) is 23.1 Å². The van der Waals surface area contributed by atoms with Crippen LogP contribution >= 0.6 is 0 Å². The number of carbonyl (C=O) groups excluding carboxylic acids is 3. The van der Waals surface area contributed by atoms with E-state index in [-0.39, 0.29) is 28.8 Å². The van der Waals surface area contributed by atoms with E-state index in [1.807, 2.05) is 48.5 Å². The molecule has 0 radical (unpaired) electrons. The lowest BCUT2D eigenvalue weighted by atomic mass is 9.86. The SMILES string of the molecule is CC(=O)c1ccc(C(C)(C)C)cc1.COc1ccc(C(O)CC(=O)c2ccc(C(C)(C)C)cc2)cc1.COc1ccc(C=O)cc1. The van der Waals surface area contributed by atoms with E-state index in [4.69, 9.17) is 9.47 Å². The number of hydrogen-bond donors (Lipinski definition) is 1. The Morgan fingerprint density at radius 3 is 1.39 bits per heavy atom. The van der Waals surface area contributed by atoms with E-state index >= 15 is 0 Å². The molecule has 0 saturated carbocycles. The van der Waals surface area contributed by atoms with Crippen molar-refractivity contribution in [3.8, 4) is 11.5 Å². The van der Waals surface area contributed by atoms with Crippen LogP contribution in [0.25, 0.3) is 0 Å². The van der Waals surface area contributed by atoms with Crippen LogP contribution in [-0.2, 0) is 10.8 Å². The maximum absolute atomic E-state index is 12.3. The molecule has 0 fully saturated rings. The lowest BCUT2D eigenvalue weighted by Gasteiger charge is -2.19. The molecule has 0 aliphatic heterocycles. The minimum absolute atomic E-state index is 0.0597. The van der Waals surface area contributed by atoms with E-state index < -0.39 is 6.10 Å². The Labute approximate surface area is 274 Å². The molecule has 244 valence electrons. The Kier molecular flexibility index (Phi) is 14.1. The molecule has 0 spiro atoms. The van der Waals surface area contributed by atoms with Gasteiger partial charge in [-0.15, -0.1) is 0 Å². The van der Waals surface area contributed by atoms with Crippen molar-refractivity contribution in [3.05, 3.63) is 130 Å². The number of methoxy groups -OCH3 is 2. The van der Waals surface area contributed by atoms with Gasteiger partial charge >= 0.3 is 0 Å². The van der Waals surface area contributed by atoms with Gasteiger partial charge in [0.1, 0.15) is 17.8 Å². The number of Topliss-reactive ketones (excluding diaryl/α,β-unsaturated/α-hetero) is 2. The normalized spacial score (nSPS) is 11.5. The summed E-state index contributed by atoms with van der Waals surface area (Å²) < 4.78 is 9.99. The van der Waals surface area contributed by atoms with Crippen LogP contribution in [-0.4, -0.2) is 37.2 Å². The first-order valence-electron chi connectivity index (χ1n) is 15.3. The first-order valence-corrected chi connectivity index (χ1v) is 15.3. The van der Waals surface area contributed by atoms with Crippen LogP contribution in [0.3, 0.4) is 0 Å². The van der Waals surface area contributed by atoms with Crippen molar-refractivity contribution >= 4 is 17.9 Å². The van der Waals surface area contributed by atoms with Crippen LogP contribution < -0.4 is 9.47 Å². The molecule has 1 atom stereocenters. The maximum Gasteiger partial charge on any atom is 0.165 e. The molecule has 0 bridgehead atoms. The van der Waals surface area contributed by atoms with Crippen molar-refractivity contribution in [1.29, 1.82) is 0 Å². The Hall–Kier alpha value is -4.55. The van der Waals surface area contributed by atoms with Crippen LogP contribution in [0.2, 0.25) is 0 Å². The number of ether oxygens (including phenoxy) is 2. The molecular weight excluding hydrogens is 576 g/mol. The van der Waals surface area contributed by atoms with Crippen molar-refractivity contribution in [2.24, 2.45) is 0 Å². The number of ketones is 2. The lowest BCUT2D eigenvalue weighted by molar-refractivity contribution is 0.0879. The van der Waals surface area contributed by atoms with Gasteiger partial charge in [0.25, 0.3) is 0 Å². The molecule has 0 amide bonds. The molecule has 1 unspecified atom stereocenters. The zero-order valence-electron chi connectivity index (χ0n) is 28.6. The average molecular weight is 625 g/mol. The van der Waals surface area contributed by atoms with Crippen LogP contribution in [0.1, 0.15) is 109 Å². The fourth-order valence-electron chi connectivity index (χ4n) is 4.28. The Bertz CT molecular complexity index is 1520. The highest BCUT2D eigenvalue weighted by Gasteiger charge is 2.17. The van der Waals surface area contributed by atoms with Crippen molar-refractivity contribution < 1.29 is 29.0 Å².